The van der Waals surface area contributed by atoms with Crippen LogP contribution in [0.5, 0.6) is 0 Å². The first kappa shape index (κ1) is 12.1. The molecule has 1 aliphatic rings. The zero-order valence-electron chi connectivity index (χ0n) is 10.1. The van der Waals surface area contributed by atoms with Crippen LogP contribution in [0.25, 0.3) is 0 Å². The number of carbonyl (C=O) groups is 1. The van der Waals surface area contributed by atoms with Gasteiger partial charge in [0.05, 0.1) is 26.9 Å². The van der Waals surface area contributed by atoms with E-state index < -0.39 is 0 Å². The molecule has 6 heteroatoms. The van der Waals surface area contributed by atoms with Crippen molar-refractivity contribution < 1.29 is 14.3 Å². The van der Waals surface area contributed by atoms with Crippen LogP contribution >= 0.6 is 0 Å². The van der Waals surface area contributed by atoms with Crippen molar-refractivity contribution in [3.63, 3.8) is 0 Å². The number of carbonyl (C=O) groups excluding carboxylic acids is 1. The van der Waals surface area contributed by atoms with E-state index in [2.05, 4.69) is 4.98 Å². The van der Waals surface area contributed by atoms with Gasteiger partial charge in [-0.1, -0.05) is 0 Å². The first-order chi connectivity index (χ1) is 8.22. The first-order valence-corrected chi connectivity index (χ1v) is 5.58. The Kier molecular flexibility index (Phi) is 3.75. The van der Waals surface area contributed by atoms with Crippen LogP contribution in [-0.2, 0) is 27.9 Å². The van der Waals surface area contributed by atoms with Crippen molar-refractivity contribution in [2.75, 3.05) is 26.9 Å². The Morgan fingerprint density at radius 2 is 2.53 bits per heavy atom. The molecule has 1 atom stereocenters. The van der Waals surface area contributed by atoms with E-state index >= 15 is 0 Å². The lowest BCUT2D eigenvalue weighted by Gasteiger charge is -2.33. The van der Waals surface area contributed by atoms with Crippen LogP contribution in [0.4, 0.5) is 0 Å². The molecule has 1 aromatic rings. The summed E-state index contributed by atoms with van der Waals surface area (Å²) in [7, 11) is 3.34. The Labute approximate surface area is 100 Å². The number of ether oxygens (including phenoxy) is 2. The lowest BCUT2D eigenvalue weighted by molar-refractivity contribution is -0.153. The third-order valence-corrected chi connectivity index (χ3v) is 2.98. The van der Waals surface area contributed by atoms with Gasteiger partial charge in [0.25, 0.3) is 0 Å². The van der Waals surface area contributed by atoms with Crippen LogP contribution in [0.2, 0.25) is 0 Å². The fraction of sp³-hybridized carbons (Fsp3) is 0.636. The van der Waals surface area contributed by atoms with E-state index in [1.54, 1.807) is 6.20 Å². The van der Waals surface area contributed by atoms with Gasteiger partial charge in [0, 0.05) is 26.0 Å². The van der Waals surface area contributed by atoms with E-state index in [1.165, 1.54) is 7.11 Å². The fourth-order valence-electron chi connectivity index (χ4n) is 1.91. The highest BCUT2D eigenvalue weighted by Crippen LogP contribution is 2.12. The number of esters is 1. The maximum Gasteiger partial charge on any atom is 0.325 e. The molecule has 94 valence electrons. The van der Waals surface area contributed by atoms with Crippen molar-refractivity contribution >= 4 is 5.97 Å². The molecule has 0 aliphatic carbocycles. The Balaban J connectivity index is 2.06. The Morgan fingerprint density at radius 1 is 1.71 bits per heavy atom. The molecule has 0 aromatic carbocycles. The molecular weight excluding hydrogens is 222 g/mol. The van der Waals surface area contributed by atoms with Gasteiger partial charge in [0.15, 0.2) is 0 Å². The molecule has 2 heterocycles. The average molecular weight is 239 g/mol. The Hall–Kier alpha value is -1.40. The molecule has 1 aromatic heterocycles. The summed E-state index contributed by atoms with van der Waals surface area (Å²) in [5.41, 5.74) is 0. The number of aryl methyl sites for hydroxylation is 1. The van der Waals surface area contributed by atoms with Gasteiger partial charge in [-0.3, -0.25) is 9.69 Å². The molecule has 2 rings (SSSR count). The maximum absolute atomic E-state index is 11.6. The van der Waals surface area contributed by atoms with E-state index in [4.69, 9.17) is 9.47 Å². The zero-order valence-corrected chi connectivity index (χ0v) is 10.1. The van der Waals surface area contributed by atoms with Gasteiger partial charge in [-0.2, -0.15) is 0 Å². The van der Waals surface area contributed by atoms with Gasteiger partial charge in [0.1, 0.15) is 11.9 Å². The van der Waals surface area contributed by atoms with Gasteiger partial charge in [0.2, 0.25) is 0 Å². The Morgan fingerprint density at radius 3 is 3.18 bits per heavy atom. The van der Waals surface area contributed by atoms with Crippen molar-refractivity contribution in [3.05, 3.63) is 18.2 Å². The van der Waals surface area contributed by atoms with Gasteiger partial charge in [-0.05, 0) is 0 Å². The van der Waals surface area contributed by atoms with Crippen LogP contribution in [0.15, 0.2) is 12.4 Å². The van der Waals surface area contributed by atoms with E-state index in [-0.39, 0.29) is 12.0 Å². The van der Waals surface area contributed by atoms with E-state index in [0.717, 1.165) is 5.82 Å². The molecule has 0 N–H and O–H groups in total. The molecule has 1 fully saturated rings. The number of hydrogen-bond donors (Lipinski definition) is 0. The van der Waals surface area contributed by atoms with Crippen molar-refractivity contribution in [2.45, 2.75) is 12.6 Å². The number of aromatic nitrogens is 2. The number of nitrogens with zero attached hydrogens (tertiary/aromatic N) is 3. The van der Waals surface area contributed by atoms with Crippen LogP contribution in [-0.4, -0.2) is 53.3 Å². The van der Waals surface area contributed by atoms with E-state index in [0.29, 0.717) is 26.3 Å². The van der Waals surface area contributed by atoms with Crippen molar-refractivity contribution in [1.82, 2.24) is 14.5 Å². The fourth-order valence-corrected chi connectivity index (χ4v) is 1.91. The minimum absolute atomic E-state index is 0.251. The Bertz CT molecular complexity index is 391. The van der Waals surface area contributed by atoms with Crippen LogP contribution in [0.1, 0.15) is 5.82 Å². The summed E-state index contributed by atoms with van der Waals surface area (Å²) in [6, 6.07) is -0.328. The number of methoxy groups -OCH3 is 1. The van der Waals surface area contributed by atoms with Gasteiger partial charge < -0.3 is 14.0 Å². The topological polar surface area (TPSA) is 56.6 Å². The van der Waals surface area contributed by atoms with E-state index in [1.807, 2.05) is 22.7 Å². The minimum atomic E-state index is -0.328. The lowest BCUT2D eigenvalue weighted by Crippen LogP contribution is -2.50. The lowest BCUT2D eigenvalue weighted by atomic mass is 10.2. The number of hydrogen-bond acceptors (Lipinski definition) is 5. The molecule has 6 nitrogen and oxygen atoms in total. The SMILES string of the molecule is COC(=O)C1COCCN1Cc1nccn1C. The van der Waals surface area contributed by atoms with Crippen molar-refractivity contribution in [3.8, 4) is 0 Å². The number of imidazole rings is 1. The monoisotopic (exact) mass is 239 g/mol. The van der Waals surface area contributed by atoms with Gasteiger partial charge in [-0.25, -0.2) is 4.98 Å². The van der Waals surface area contributed by atoms with Crippen molar-refractivity contribution in [2.24, 2.45) is 7.05 Å². The summed E-state index contributed by atoms with van der Waals surface area (Å²) in [6.07, 6.45) is 3.64. The smallest absolute Gasteiger partial charge is 0.325 e. The highest BCUT2D eigenvalue weighted by Gasteiger charge is 2.30. The molecule has 0 bridgehead atoms. The standard InChI is InChI=1S/C11H17N3O3/c1-13-4-3-12-10(13)7-14-5-6-17-8-9(14)11(15)16-2/h3-4,9H,5-8H2,1-2H3. The molecule has 1 saturated heterocycles. The van der Waals surface area contributed by atoms with Crippen LogP contribution < -0.4 is 0 Å². The predicted octanol–water partition coefficient (Wildman–Crippen LogP) is -0.206. The normalized spacial score (nSPS) is 21.4. The minimum Gasteiger partial charge on any atom is -0.468 e. The average Bonchev–Trinajstić information content (AvgIpc) is 2.75. The molecule has 1 unspecified atom stereocenters. The summed E-state index contributed by atoms with van der Waals surface area (Å²) in [4.78, 5) is 17.9. The van der Waals surface area contributed by atoms with E-state index in [9.17, 15) is 4.79 Å². The zero-order chi connectivity index (χ0) is 12.3. The predicted molar refractivity (Wildman–Crippen MR) is 60.2 cm³/mol. The summed E-state index contributed by atoms with van der Waals surface area (Å²) in [5, 5.41) is 0. The molecule has 1 aliphatic heterocycles. The molecular formula is C11H17N3O3. The number of morpholine rings is 1. The molecule has 0 spiro atoms. The summed E-state index contributed by atoms with van der Waals surface area (Å²) in [5.74, 6) is 0.680. The maximum atomic E-state index is 11.6. The second-order valence-corrected chi connectivity index (χ2v) is 4.04. The summed E-state index contributed by atoms with van der Waals surface area (Å²) < 4.78 is 12.0. The summed E-state index contributed by atoms with van der Waals surface area (Å²) >= 11 is 0. The summed E-state index contributed by atoms with van der Waals surface area (Å²) in [6.45, 7) is 2.37. The number of rotatable bonds is 3. The third-order valence-electron chi connectivity index (χ3n) is 2.98. The molecule has 17 heavy (non-hydrogen) atoms. The second kappa shape index (κ2) is 5.29. The highest BCUT2D eigenvalue weighted by atomic mass is 16.5. The largest absolute Gasteiger partial charge is 0.468 e. The van der Waals surface area contributed by atoms with Gasteiger partial charge in [-0.15, -0.1) is 0 Å². The molecule has 0 saturated carbocycles. The van der Waals surface area contributed by atoms with Crippen molar-refractivity contribution in [1.29, 1.82) is 0 Å². The van der Waals surface area contributed by atoms with Crippen LogP contribution in [0.3, 0.4) is 0 Å². The van der Waals surface area contributed by atoms with Gasteiger partial charge >= 0.3 is 5.97 Å². The highest BCUT2D eigenvalue weighted by molar-refractivity contribution is 5.75. The quantitative estimate of drug-likeness (QED) is 0.683. The first-order valence-electron chi connectivity index (χ1n) is 5.58. The second-order valence-electron chi connectivity index (χ2n) is 4.04. The van der Waals surface area contributed by atoms with Crippen LogP contribution in [0, 0.1) is 0 Å². The molecule has 0 radical (unpaired) electrons. The molecule has 0 amide bonds. The third kappa shape index (κ3) is 2.65.